The number of likely N-dealkylation sites (tertiary alicyclic amines) is 1. The number of amides is 2. The number of hydroxylamine groups is 3. The SMILES string of the molecule is CN(C(=O)Nc1ccc(-c2cc(F)cc(F)c2)cc1)C1CC[N+]([O-])(CC2CC2)CC1. The van der Waals surface area contributed by atoms with Gasteiger partial charge in [0.25, 0.3) is 0 Å². The standard InChI is InChI=1S/C23H27F2N3O2/c1-27(22-8-10-28(30,11-9-22)15-16-2-3-16)23(29)26-21-6-4-17(5-7-21)18-12-19(24)14-20(25)13-18/h4-7,12-14,16,22H,2-3,8-11,15H2,1H3,(H,26,29). The Labute approximate surface area is 175 Å². The van der Waals surface area contributed by atoms with Crippen molar-refractivity contribution in [3.8, 4) is 11.1 Å². The van der Waals surface area contributed by atoms with Crippen LogP contribution in [0.25, 0.3) is 11.1 Å². The average molecular weight is 415 g/mol. The van der Waals surface area contributed by atoms with Crippen molar-refractivity contribution in [3.63, 3.8) is 0 Å². The number of anilines is 1. The molecule has 0 bridgehead atoms. The zero-order valence-electron chi connectivity index (χ0n) is 17.1. The van der Waals surface area contributed by atoms with E-state index in [4.69, 9.17) is 0 Å². The number of halogens is 2. The fraction of sp³-hybridized carbons (Fsp3) is 0.435. The normalized spacial score (nSPS) is 23.8. The van der Waals surface area contributed by atoms with Crippen molar-refractivity contribution in [2.24, 2.45) is 5.92 Å². The van der Waals surface area contributed by atoms with Crippen LogP contribution < -0.4 is 5.32 Å². The fourth-order valence-electron chi connectivity index (χ4n) is 4.21. The third-order valence-corrected chi connectivity index (χ3v) is 6.23. The second-order valence-electron chi connectivity index (χ2n) is 8.64. The predicted octanol–water partition coefficient (Wildman–Crippen LogP) is 4.98. The minimum atomic E-state index is -0.630. The lowest BCUT2D eigenvalue weighted by Gasteiger charge is -2.48. The lowest BCUT2D eigenvalue weighted by molar-refractivity contribution is -0.887. The Kier molecular flexibility index (Phi) is 5.75. The molecule has 0 unspecified atom stereocenters. The summed E-state index contributed by atoms with van der Waals surface area (Å²) in [5.74, 6) is -0.657. The molecule has 1 saturated carbocycles. The minimum absolute atomic E-state index is 0.0546. The van der Waals surface area contributed by atoms with E-state index in [0.29, 0.717) is 48.7 Å². The average Bonchev–Trinajstić information content (AvgIpc) is 3.51. The Morgan fingerprint density at radius 3 is 2.20 bits per heavy atom. The topological polar surface area (TPSA) is 55.4 Å². The number of urea groups is 1. The van der Waals surface area contributed by atoms with Gasteiger partial charge in [-0.3, -0.25) is 0 Å². The van der Waals surface area contributed by atoms with Gasteiger partial charge in [-0.15, -0.1) is 0 Å². The maximum absolute atomic E-state index is 13.4. The highest BCUT2D eigenvalue weighted by atomic mass is 19.1. The highest BCUT2D eigenvalue weighted by molar-refractivity contribution is 5.89. The summed E-state index contributed by atoms with van der Waals surface area (Å²) in [7, 11) is 1.76. The van der Waals surface area contributed by atoms with E-state index < -0.39 is 11.6 Å². The highest BCUT2D eigenvalue weighted by Crippen LogP contribution is 2.34. The van der Waals surface area contributed by atoms with Gasteiger partial charge >= 0.3 is 6.03 Å². The molecule has 2 amide bonds. The second kappa shape index (κ2) is 8.32. The molecule has 0 spiro atoms. The van der Waals surface area contributed by atoms with Gasteiger partial charge in [0.15, 0.2) is 0 Å². The lowest BCUT2D eigenvalue weighted by atomic mass is 10.0. The van der Waals surface area contributed by atoms with Crippen LogP contribution in [-0.2, 0) is 0 Å². The number of nitrogens with one attached hydrogen (secondary N) is 1. The molecule has 1 N–H and O–H groups in total. The predicted molar refractivity (Wildman–Crippen MR) is 113 cm³/mol. The molecule has 2 aromatic carbocycles. The Hall–Kier alpha value is -2.51. The number of benzene rings is 2. The lowest BCUT2D eigenvalue weighted by Crippen LogP contribution is -2.54. The summed E-state index contributed by atoms with van der Waals surface area (Å²) in [5.41, 5.74) is 1.70. The van der Waals surface area contributed by atoms with E-state index in [2.05, 4.69) is 5.32 Å². The van der Waals surface area contributed by atoms with Crippen molar-refractivity contribution in [3.05, 3.63) is 59.3 Å². The summed E-state index contributed by atoms with van der Waals surface area (Å²) in [6.45, 7) is 1.86. The molecule has 4 rings (SSSR count). The van der Waals surface area contributed by atoms with Gasteiger partial charge in [0.1, 0.15) is 11.6 Å². The highest BCUT2D eigenvalue weighted by Gasteiger charge is 2.35. The van der Waals surface area contributed by atoms with Crippen molar-refractivity contribution in [1.29, 1.82) is 0 Å². The van der Waals surface area contributed by atoms with Crippen molar-refractivity contribution < 1.29 is 18.2 Å². The van der Waals surface area contributed by atoms with Gasteiger partial charge < -0.3 is 20.1 Å². The first kappa shape index (κ1) is 20.8. The number of piperidine rings is 1. The van der Waals surface area contributed by atoms with Crippen LogP contribution in [0.1, 0.15) is 25.7 Å². The largest absolute Gasteiger partial charge is 0.633 e. The number of rotatable bonds is 5. The van der Waals surface area contributed by atoms with E-state index in [-0.39, 0.29) is 16.7 Å². The Morgan fingerprint density at radius 1 is 1.03 bits per heavy atom. The molecule has 1 aliphatic heterocycles. The molecule has 160 valence electrons. The number of carbonyl (C=O) groups is 1. The van der Waals surface area contributed by atoms with Crippen LogP contribution in [0.2, 0.25) is 0 Å². The molecule has 1 saturated heterocycles. The smallest absolute Gasteiger partial charge is 0.321 e. The van der Waals surface area contributed by atoms with E-state index in [0.717, 1.165) is 12.6 Å². The Balaban J connectivity index is 1.33. The van der Waals surface area contributed by atoms with Crippen LogP contribution in [0, 0.1) is 22.8 Å². The second-order valence-corrected chi connectivity index (χ2v) is 8.64. The first-order chi connectivity index (χ1) is 14.3. The van der Waals surface area contributed by atoms with Crippen molar-refractivity contribution in [1.82, 2.24) is 4.90 Å². The molecule has 2 aliphatic rings. The van der Waals surface area contributed by atoms with Gasteiger partial charge in [0, 0.05) is 43.6 Å². The first-order valence-corrected chi connectivity index (χ1v) is 10.5. The third-order valence-electron chi connectivity index (χ3n) is 6.23. The molecule has 0 radical (unpaired) electrons. The summed E-state index contributed by atoms with van der Waals surface area (Å²) in [6.07, 6.45) is 3.79. The van der Waals surface area contributed by atoms with E-state index >= 15 is 0 Å². The number of carbonyl (C=O) groups excluding carboxylic acids is 1. The maximum atomic E-state index is 13.4. The number of hydrogen-bond donors (Lipinski definition) is 1. The molecular weight excluding hydrogens is 388 g/mol. The van der Waals surface area contributed by atoms with E-state index in [1.165, 1.54) is 25.0 Å². The van der Waals surface area contributed by atoms with E-state index in [1.807, 2.05) is 0 Å². The van der Waals surface area contributed by atoms with Gasteiger partial charge in [-0.1, -0.05) is 12.1 Å². The summed E-state index contributed by atoms with van der Waals surface area (Å²) >= 11 is 0. The number of nitrogens with zero attached hydrogens (tertiary/aromatic N) is 2. The molecule has 0 aromatic heterocycles. The van der Waals surface area contributed by atoms with Crippen molar-refractivity contribution >= 4 is 11.7 Å². The van der Waals surface area contributed by atoms with Crippen LogP contribution in [0.5, 0.6) is 0 Å². The van der Waals surface area contributed by atoms with Crippen LogP contribution in [-0.4, -0.2) is 48.3 Å². The van der Waals surface area contributed by atoms with Crippen LogP contribution in [0.4, 0.5) is 19.3 Å². The molecule has 1 heterocycles. The molecular formula is C23H27F2N3O2. The number of quaternary nitrogens is 1. The van der Waals surface area contributed by atoms with Crippen molar-refractivity contribution in [2.45, 2.75) is 31.7 Å². The molecule has 2 aromatic rings. The van der Waals surface area contributed by atoms with Crippen LogP contribution in [0.15, 0.2) is 42.5 Å². The first-order valence-electron chi connectivity index (χ1n) is 10.5. The quantitative estimate of drug-likeness (QED) is 0.553. The monoisotopic (exact) mass is 415 g/mol. The van der Waals surface area contributed by atoms with E-state index in [1.54, 1.807) is 36.2 Å². The van der Waals surface area contributed by atoms with Crippen LogP contribution in [0.3, 0.4) is 0 Å². The van der Waals surface area contributed by atoms with Gasteiger partial charge in [0.2, 0.25) is 0 Å². The Morgan fingerprint density at radius 2 is 1.63 bits per heavy atom. The van der Waals surface area contributed by atoms with Gasteiger partial charge in [-0.05, 0) is 48.2 Å². The zero-order valence-corrected chi connectivity index (χ0v) is 17.1. The van der Waals surface area contributed by atoms with Gasteiger partial charge in [0.05, 0.1) is 19.6 Å². The van der Waals surface area contributed by atoms with Crippen molar-refractivity contribution in [2.75, 3.05) is 32.0 Å². The maximum Gasteiger partial charge on any atom is 0.321 e. The Bertz CT molecular complexity index is 887. The third kappa shape index (κ3) is 4.96. The molecule has 1 aliphatic carbocycles. The summed E-state index contributed by atoms with van der Waals surface area (Å²) in [5, 5.41) is 15.6. The molecule has 0 atom stereocenters. The fourth-order valence-corrected chi connectivity index (χ4v) is 4.21. The summed E-state index contributed by atoms with van der Waals surface area (Å²) < 4.78 is 26.7. The van der Waals surface area contributed by atoms with Gasteiger partial charge in [-0.2, -0.15) is 0 Å². The molecule has 5 nitrogen and oxygen atoms in total. The minimum Gasteiger partial charge on any atom is -0.633 e. The molecule has 30 heavy (non-hydrogen) atoms. The van der Waals surface area contributed by atoms with Gasteiger partial charge in [-0.25, -0.2) is 13.6 Å². The summed E-state index contributed by atoms with van der Waals surface area (Å²) in [4.78, 5) is 14.3. The molecule has 7 heteroatoms. The zero-order chi connectivity index (χ0) is 21.3. The van der Waals surface area contributed by atoms with Crippen LogP contribution >= 0.6 is 0 Å². The number of hydrogen-bond acceptors (Lipinski definition) is 2. The summed E-state index contributed by atoms with van der Waals surface area (Å²) in [6, 6.07) is 10.0. The molecule has 2 fully saturated rings. The van der Waals surface area contributed by atoms with E-state index in [9.17, 15) is 18.8 Å².